The Labute approximate surface area is 111 Å². The molecule has 0 unspecified atom stereocenters. The molecule has 2 N–H and O–H groups in total. The smallest absolute Gasteiger partial charge is 0.309 e. The summed E-state index contributed by atoms with van der Waals surface area (Å²) in [5, 5.41) is 12.4. The van der Waals surface area contributed by atoms with Gasteiger partial charge in [-0.05, 0) is 50.6 Å². The Bertz CT molecular complexity index is 415. The fourth-order valence-electron chi connectivity index (χ4n) is 1.45. The summed E-state index contributed by atoms with van der Waals surface area (Å²) >= 11 is 5.73. The molecule has 0 bridgehead atoms. The minimum absolute atomic E-state index is 0.359. The molecule has 0 saturated heterocycles. The van der Waals surface area contributed by atoms with E-state index in [0.717, 1.165) is 5.56 Å². The lowest BCUT2D eigenvalue weighted by Crippen LogP contribution is -2.28. The fourth-order valence-corrected chi connectivity index (χ4v) is 1.70. The highest BCUT2D eigenvalue weighted by atomic mass is 35.5. The van der Waals surface area contributed by atoms with Gasteiger partial charge in [0.1, 0.15) is 5.82 Å². The highest BCUT2D eigenvalue weighted by Gasteiger charge is 2.25. The second kappa shape index (κ2) is 6.16. The molecule has 0 aliphatic rings. The van der Waals surface area contributed by atoms with Crippen LogP contribution >= 0.6 is 11.6 Å². The number of nitrogens with one attached hydrogen (secondary N) is 1. The third-order valence-corrected chi connectivity index (χ3v) is 2.98. The van der Waals surface area contributed by atoms with Crippen molar-refractivity contribution in [1.29, 1.82) is 0 Å². The van der Waals surface area contributed by atoms with Crippen molar-refractivity contribution in [2.45, 2.75) is 26.8 Å². The van der Waals surface area contributed by atoms with E-state index in [9.17, 15) is 9.18 Å². The summed E-state index contributed by atoms with van der Waals surface area (Å²) in [6.45, 7) is 4.37. The number of hydrogen-bond donors (Lipinski definition) is 2. The molecule has 0 aliphatic carbocycles. The summed E-state index contributed by atoms with van der Waals surface area (Å²) in [6.07, 6.45) is 0.505. The molecule has 0 radical (unpaired) electrons. The van der Waals surface area contributed by atoms with E-state index in [4.69, 9.17) is 16.7 Å². The van der Waals surface area contributed by atoms with E-state index >= 15 is 0 Å². The van der Waals surface area contributed by atoms with Gasteiger partial charge in [-0.2, -0.15) is 0 Å². The van der Waals surface area contributed by atoms with Crippen molar-refractivity contribution in [3.8, 4) is 0 Å². The van der Waals surface area contributed by atoms with Crippen molar-refractivity contribution in [1.82, 2.24) is 5.32 Å². The standard InChI is InChI=1S/C13H17ClFNO2/c1-13(2,12(17)18)3-4-16-8-9-5-10(14)7-11(15)6-9/h5-7,16H,3-4,8H2,1-2H3,(H,17,18). The molecule has 1 rings (SSSR count). The predicted octanol–water partition coefficient (Wildman–Crippen LogP) is 3.07. The first-order chi connectivity index (χ1) is 8.31. The first kappa shape index (κ1) is 14.9. The van der Waals surface area contributed by atoms with Gasteiger partial charge in [0, 0.05) is 11.6 Å². The molecule has 5 heteroatoms. The van der Waals surface area contributed by atoms with E-state index in [1.54, 1.807) is 19.9 Å². The number of carboxylic acid groups (broad SMARTS) is 1. The van der Waals surface area contributed by atoms with Crippen LogP contribution in [0.15, 0.2) is 18.2 Å². The van der Waals surface area contributed by atoms with E-state index in [1.807, 2.05) is 0 Å². The van der Waals surface area contributed by atoms with Gasteiger partial charge in [0.05, 0.1) is 5.41 Å². The van der Waals surface area contributed by atoms with Gasteiger partial charge in [0.2, 0.25) is 0 Å². The van der Waals surface area contributed by atoms with Gasteiger partial charge in [0.15, 0.2) is 0 Å². The highest BCUT2D eigenvalue weighted by Crippen LogP contribution is 2.19. The summed E-state index contributed by atoms with van der Waals surface area (Å²) in [5.41, 5.74) is -0.0137. The third kappa shape index (κ3) is 4.63. The summed E-state index contributed by atoms with van der Waals surface area (Å²) in [5.74, 6) is -1.19. The molecule has 3 nitrogen and oxygen atoms in total. The van der Waals surface area contributed by atoms with Crippen LogP contribution < -0.4 is 5.32 Å². The van der Waals surface area contributed by atoms with Crippen LogP contribution in [0.1, 0.15) is 25.8 Å². The average Bonchev–Trinajstić information content (AvgIpc) is 2.23. The van der Waals surface area contributed by atoms with Crippen LogP contribution in [-0.2, 0) is 11.3 Å². The lowest BCUT2D eigenvalue weighted by atomic mass is 9.90. The van der Waals surface area contributed by atoms with E-state index in [-0.39, 0.29) is 5.82 Å². The molecule has 1 aromatic carbocycles. The molecular weight excluding hydrogens is 257 g/mol. The Balaban J connectivity index is 2.40. The van der Waals surface area contributed by atoms with Crippen LogP contribution in [0.4, 0.5) is 4.39 Å². The molecule has 18 heavy (non-hydrogen) atoms. The first-order valence-electron chi connectivity index (χ1n) is 5.70. The predicted molar refractivity (Wildman–Crippen MR) is 69.2 cm³/mol. The highest BCUT2D eigenvalue weighted by molar-refractivity contribution is 6.30. The molecule has 0 atom stereocenters. The van der Waals surface area contributed by atoms with Gasteiger partial charge < -0.3 is 10.4 Å². The number of carbonyl (C=O) groups is 1. The zero-order valence-electron chi connectivity index (χ0n) is 10.5. The molecule has 0 fully saturated rings. The largest absolute Gasteiger partial charge is 0.481 e. The van der Waals surface area contributed by atoms with Gasteiger partial charge in [0.25, 0.3) is 0 Å². The molecule has 100 valence electrons. The Morgan fingerprint density at radius 3 is 2.67 bits per heavy atom. The fraction of sp³-hybridized carbons (Fsp3) is 0.462. The number of hydrogen-bond acceptors (Lipinski definition) is 2. The van der Waals surface area contributed by atoms with Crippen LogP contribution in [0.5, 0.6) is 0 Å². The van der Waals surface area contributed by atoms with Gasteiger partial charge >= 0.3 is 5.97 Å². The van der Waals surface area contributed by atoms with Crippen molar-refractivity contribution in [3.63, 3.8) is 0 Å². The van der Waals surface area contributed by atoms with Crippen LogP contribution in [-0.4, -0.2) is 17.6 Å². The van der Waals surface area contributed by atoms with E-state index in [1.165, 1.54) is 12.1 Å². The van der Waals surface area contributed by atoms with Crippen molar-refractivity contribution < 1.29 is 14.3 Å². The van der Waals surface area contributed by atoms with Gasteiger partial charge in [-0.3, -0.25) is 4.79 Å². The maximum absolute atomic E-state index is 13.0. The summed E-state index contributed by atoms with van der Waals surface area (Å²) in [7, 11) is 0. The van der Waals surface area contributed by atoms with Crippen molar-refractivity contribution >= 4 is 17.6 Å². The first-order valence-corrected chi connectivity index (χ1v) is 6.08. The summed E-state index contributed by atoms with van der Waals surface area (Å²) in [4.78, 5) is 10.9. The lowest BCUT2D eigenvalue weighted by Gasteiger charge is -2.18. The van der Waals surface area contributed by atoms with E-state index in [0.29, 0.717) is 24.5 Å². The number of carboxylic acids is 1. The van der Waals surface area contributed by atoms with Crippen molar-refractivity contribution in [3.05, 3.63) is 34.6 Å². The SMILES string of the molecule is CC(C)(CCNCc1cc(F)cc(Cl)c1)C(=O)O. The second-order valence-electron chi connectivity index (χ2n) is 4.89. The Morgan fingerprint density at radius 1 is 1.44 bits per heavy atom. The van der Waals surface area contributed by atoms with Gasteiger partial charge in [-0.15, -0.1) is 0 Å². The minimum atomic E-state index is -0.821. The number of rotatable bonds is 6. The van der Waals surface area contributed by atoms with Gasteiger partial charge in [-0.1, -0.05) is 11.6 Å². The van der Waals surface area contributed by atoms with E-state index in [2.05, 4.69) is 5.32 Å². The minimum Gasteiger partial charge on any atom is -0.481 e. The van der Waals surface area contributed by atoms with E-state index < -0.39 is 11.4 Å². The molecule has 1 aromatic rings. The van der Waals surface area contributed by atoms with Gasteiger partial charge in [-0.25, -0.2) is 4.39 Å². The topological polar surface area (TPSA) is 49.3 Å². The molecule has 0 spiro atoms. The maximum Gasteiger partial charge on any atom is 0.309 e. The number of halogens is 2. The normalized spacial score (nSPS) is 11.6. The Hall–Kier alpha value is -1.13. The summed E-state index contributed by atoms with van der Waals surface area (Å²) in [6, 6.07) is 4.33. The molecule has 0 heterocycles. The monoisotopic (exact) mass is 273 g/mol. The quantitative estimate of drug-likeness (QED) is 0.783. The number of aliphatic carboxylic acids is 1. The zero-order chi connectivity index (χ0) is 13.8. The average molecular weight is 274 g/mol. The van der Waals surface area contributed by atoms with Crippen LogP contribution in [0.3, 0.4) is 0 Å². The third-order valence-electron chi connectivity index (χ3n) is 2.76. The Morgan fingerprint density at radius 2 is 2.11 bits per heavy atom. The summed E-state index contributed by atoms with van der Waals surface area (Å²) < 4.78 is 13.0. The van der Waals surface area contributed by atoms with Crippen LogP contribution in [0.25, 0.3) is 0 Å². The Kier molecular flexibility index (Phi) is 5.11. The van der Waals surface area contributed by atoms with Crippen molar-refractivity contribution in [2.75, 3.05) is 6.54 Å². The molecule has 0 amide bonds. The van der Waals surface area contributed by atoms with Crippen molar-refractivity contribution in [2.24, 2.45) is 5.41 Å². The lowest BCUT2D eigenvalue weighted by molar-refractivity contribution is -0.147. The van der Waals surface area contributed by atoms with Crippen LogP contribution in [0.2, 0.25) is 5.02 Å². The number of benzene rings is 1. The zero-order valence-corrected chi connectivity index (χ0v) is 11.2. The molecule has 0 aromatic heterocycles. The molecular formula is C13H17ClFNO2. The second-order valence-corrected chi connectivity index (χ2v) is 5.33. The molecule has 0 aliphatic heterocycles. The van der Waals surface area contributed by atoms with Crippen LogP contribution in [0, 0.1) is 11.2 Å². The maximum atomic E-state index is 13.0. The molecule has 0 saturated carbocycles.